The van der Waals surface area contributed by atoms with Gasteiger partial charge in [0.1, 0.15) is 5.82 Å². The van der Waals surface area contributed by atoms with Gasteiger partial charge in [0, 0.05) is 38.4 Å². The molecule has 112 valence electrons. The summed E-state index contributed by atoms with van der Waals surface area (Å²) in [4.78, 5) is 13.8. The van der Waals surface area contributed by atoms with Crippen LogP contribution < -0.4 is 10.2 Å². The third-order valence-corrected chi connectivity index (χ3v) is 4.37. The third kappa shape index (κ3) is 3.61. The van der Waals surface area contributed by atoms with Gasteiger partial charge in [-0.1, -0.05) is 13.8 Å². The van der Waals surface area contributed by atoms with Crippen molar-refractivity contribution in [2.24, 2.45) is 0 Å². The summed E-state index contributed by atoms with van der Waals surface area (Å²) in [6, 6.07) is 0.595. The van der Waals surface area contributed by atoms with E-state index in [4.69, 9.17) is 0 Å². The lowest BCUT2D eigenvalue weighted by atomic mass is 10.1. The monoisotopic (exact) mass is 341 g/mol. The SMILES string of the molecule is CCCNc1ncc(Br)c(N2CCN(C)C(CC)C2)n1. The largest absolute Gasteiger partial charge is 0.354 e. The fourth-order valence-electron chi connectivity index (χ4n) is 2.48. The molecular formula is C14H24BrN5. The van der Waals surface area contributed by atoms with Crippen molar-refractivity contribution in [2.45, 2.75) is 32.7 Å². The van der Waals surface area contributed by atoms with Gasteiger partial charge in [0.25, 0.3) is 0 Å². The predicted octanol–water partition coefficient (Wildman–Crippen LogP) is 2.59. The van der Waals surface area contributed by atoms with Gasteiger partial charge < -0.3 is 10.2 Å². The molecule has 2 heterocycles. The van der Waals surface area contributed by atoms with Gasteiger partial charge in [0.15, 0.2) is 0 Å². The molecule has 0 amide bonds. The minimum absolute atomic E-state index is 0.595. The minimum Gasteiger partial charge on any atom is -0.354 e. The van der Waals surface area contributed by atoms with E-state index in [0.29, 0.717) is 6.04 Å². The summed E-state index contributed by atoms with van der Waals surface area (Å²) >= 11 is 3.58. The molecule has 5 nitrogen and oxygen atoms in total. The van der Waals surface area contributed by atoms with Crippen molar-refractivity contribution in [3.05, 3.63) is 10.7 Å². The molecule has 1 fully saturated rings. The number of halogens is 1. The Morgan fingerprint density at radius 3 is 2.90 bits per heavy atom. The van der Waals surface area contributed by atoms with Crippen molar-refractivity contribution in [3.8, 4) is 0 Å². The second kappa shape index (κ2) is 7.22. The van der Waals surface area contributed by atoms with E-state index in [1.54, 1.807) is 0 Å². The number of piperazine rings is 1. The first-order valence-corrected chi connectivity index (χ1v) is 8.16. The first-order chi connectivity index (χ1) is 9.65. The number of likely N-dealkylation sites (N-methyl/N-ethyl adjacent to an activating group) is 1. The average Bonchev–Trinajstić information content (AvgIpc) is 2.47. The molecule has 1 atom stereocenters. The molecule has 1 N–H and O–H groups in total. The second-order valence-corrected chi connectivity index (χ2v) is 6.13. The zero-order valence-corrected chi connectivity index (χ0v) is 14.2. The fraction of sp³-hybridized carbons (Fsp3) is 0.714. The normalized spacial score (nSPS) is 20.2. The lowest BCUT2D eigenvalue weighted by Gasteiger charge is -2.40. The van der Waals surface area contributed by atoms with Gasteiger partial charge in [-0.15, -0.1) is 0 Å². The molecule has 1 aromatic heterocycles. The summed E-state index contributed by atoms with van der Waals surface area (Å²) in [7, 11) is 2.20. The highest BCUT2D eigenvalue weighted by molar-refractivity contribution is 9.10. The quantitative estimate of drug-likeness (QED) is 0.891. The van der Waals surface area contributed by atoms with Crippen LogP contribution in [0.15, 0.2) is 10.7 Å². The van der Waals surface area contributed by atoms with Crippen LogP contribution in [0.5, 0.6) is 0 Å². The van der Waals surface area contributed by atoms with E-state index in [1.807, 2.05) is 6.20 Å². The Kier molecular flexibility index (Phi) is 5.60. The maximum Gasteiger partial charge on any atom is 0.224 e. The molecule has 1 aromatic rings. The molecule has 20 heavy (non-hydrogen) atoms. The Bertz CT molecular complexity index is 440. The summed E-state index contributed by atoms with van der Waals surface area (Å²) in [6.45, 7) is 8.40. The average molecular weight is 342 g/mol. The van der Waals surface area contributed by atoms with Crippen molar-refractivity contribution in [3.63, 3.8) is 0 Å². The molecule has 0 saturated carbocycles. The van der Waals surface area contributed by atoms with Crippen LogP contribution >= 0.6 is 15.9 Å². The molecule has 0 spiro atoms. The van der Waals surface area contributed by atoms with E-state index >= 15 is 0 Å². The van der Waals surface area contributed by atoms with Gasteiger partial charge in [0.05, 0.1) is 4.47 Å². The molecule has 0 radical (unpaired) electrons. The number of hydrogen-bond acceptors (Lipinski definition) is 5. The van der Waals surface area contributed by atoms with Crippen LogP contribution in [0.1, 0.15) is 26.7 Å². The molecule has 0 aliphatic carbocycles. The molecule has 0 aromatic carbocycles. The molecule has 1 aliphatic rings. The van der Waals surface area contributed by atoms with Crippen molar-refractivity contribution in [2.75, 3.05) is 43.4 Å². The maximum absolute atomic E-state index is 4.67. The van der Waals surface area contributed by atoms with E-state index in [9.17, 15) is 0 Å². The smallest absolute Gasteiger partial charge is 0.224 e. The topological polar surface area (TPSA) is 44.3 Å². The van der Waals surface area contributed by atoms with Gasteiger partial charge in [-0.25, -0.2) is 4.98 Å². The summed E-state index contributed by atoms with van der Waals surface area (Å²) in [5.41, 5.74) is 0. The summed E-state index contributed by atoms with van der Waals surface area (Å²) in [5.74, 6) is 1.72. The summed E-state index contributed by atoms with van der Waals surface area (Å²) < 4.78 is 0.971. The van der Waals surface area contributed by atoms with Gasteiger partial charge in [-0.2, -0.15) is 4.98 Å². The number of rotatable bonds is 5. The Hall–Kier alpha value is -0.880. The van der Waals surface area contributed by atoms with Crippen molar-refractivity contribution < 1.29 is 0 Å². The second-order valence-electron chi connectivity index (χ2n) is 5.28. The van der Waals surface area contributed by atoms with E-state index in [2.05, 4.69) is 61.9 Å². The lowest BCUT2D eigenvalue weighted by Crippen LogP contribution is -2.51. The van der Waals surface area contributed by atoms with Crippen LogP contribution in [-0.4, -0.2) is 54.1 Å². The highest BCUT2D eigenvalue weighted by Crippen LogP contribution is 2.26. The highest BCUT2D eigenvalue weighted by Gasteiger charge is 2.25. The standard InChI is InChI=1S/C14H24BrN5/c1-4-6-16-14-17-9-12(15)13(18-14)20-8-7-19(3)11(5-2)10-20/h9,11H,4-8,10H2,1-3H3,(H,16,17,18). The predicted molar refractivity (Wildman–Crippen MR) is 87.4 cm³/mol. The maximum atomic E-state index is 4.67. The minimum atomic E-state index is 0.595. The van der Waals surface area contributed by atoms with Crippen molar-refractivity contribution in [1.82, 2.24) is 14.9 Å². The highest BCUT2D eigenvalue weighted by atomic mass is 79.9. The van der Waals surface area contributed by atoms with Gasteiger partial charge in [0.2, 0.25) is 5.95 Å². The number of anilines is 2. The van der Waals surface area contributed by atoms with E-state index in [-0.39, 0.29) is 0 Å². The molecular weight excluding hydrogens is 318 g/mol. The Labute approximate surface area is 129 Å². The Balaban J connectivity index is 2.14. The zero-order chi connectivity index (χ0) is 14.5. The number of nitrogens with zero attached hydrogens (tertiary/aromatic N) is 4. The Morgan fingerprint density at radius 2 is 2.20 bits per heavy atom. The van der Waals surface area contributed by atoms with Crippen LogP contribution in [0.2, 0.25) is 0 Å². The van der Waals surface area contributed by atoms with E-state index in [0.717, 1.165) is 55.3 Å². The van der Waals surface area contributed by atoms with E-state index < -0.39 is 0 Å². The zero-order valence-electron chi connectivity index (χ0n) is 12.6. The van der Waals surface area contributed by atoms with Crippen molar-refractivity contribution >= 4 is 27.7 Å². The van der Waals surface area contributed by atoms with E-state index in [1.165, 1.54) is 0 Å². The molecule has 0 bridgehead atoms. The van der Waals surface area contributed by atoms with Crippen LogP contribution in [-0.2, 0) is 0 Å². The first kappa shape index (κ1) is 15.5. The van der Waals surface area contributed by atoms with Gasteiger partial charge in [-0.3, -0.25) is 4.90 Å². The first-order valence-electron chi connectivity index (χ1n) is 7.37. The third-order valence-electron chi connectivity index (χ3n) is 3.81. The van der Waals surface area contributed by atoms with Crippen LogP contribution in [0.25, 0.3) is 0 Å². The Morgan fingerprint density at radius 1 is 1.40 bits per heavy atom. The molecule has 1 unspecified atom stereocenters. The molecule has 6 heteroatoms. The van der Waals surface area contributed by atoms with Gasteiger partial charge >= 0.3 is 0 Å². The van der Waals surface area contributed by atoms with Crippen LogP contribution in [0.4, 0.5) is 11.8 Å². The van der Waals surface area contributed by atoms with Crippen molar-refractivity contribution in [1.29, 1.82) is 0 Å². The summed E-state index contributed by atoms with van der Waals surface area (Å²) in [6.07, 6.45) is 4.08. The summed E-state index contributed by atoms with van der Waals surface area (Å²) in [5, 5.41) is 3.25. The van der Waals surface area contributed by atoms with Crippen LogP contribution in [0, 0.1) is 0 Å². The lowest BCUT2D eigenvalue weighted by molar-refractivity contribution is 0.213. The molecule has 1 aliphatic heterocycles. The fourth-order valence-corrected chi connectivity index (χ4v) is 2.92. The molecule has 1 saturated heterocycles. The molecule has 2 rings (SSSR count). The number of hydrogen-bond donors (Lipinski definition) is 1. The number of nitrogens with one attached hydrogen (secondary N) is 1. The van der Waals surface area contributed by atoms with Gasteiger partial charge in [-0.05, 0) is 35.8 Å². The van der Waals surface area contributed by atoms with Crippen LogP contribution in [0.3, 0.4) is 0 Å². The number of aromatic nitrogens is 2.